The lowest BCUT2D eigenvalue weighted by atomic mass is 9.93. The normalized spacial score (nSPS) is 38.9. The smallest absolute Gasteiger partial charge is 0.137 e. The van der Waals surface area contributed by atoms with E-state index in [-0.39, 0.29) is 5.82 Å². The molecule has 3 aliphatic carbocycles. The van der Waals surface area contributed by atoms with Crippen LogP contribution in [0.4, 0.5) is 4.39 Å². The molecule has 1 aromatic rings. The third kappa shape index (κ3) is 1.89. The minimum atomic E-state index is -0.167. The van der Waals surface area contributed by atoms with Gasteiger partial charge in [0.15, 0.2) is 0 Å². The maximum absolute atomic E-state index is 13.5. The van der Waals surface area contributed by atoms with E-state index in [2.05, 4.69) is 28.2 Å². The van der Waals surface area contributed by atoms with Crippen molar-refractivity contribution in [1.82, 2.24) is 5.32 Å². The first-order chi connectivity index (χ1) is 9.70. The fraction of sp³-hybridized carbons (Fsp3) is 0.647. The monoisotopic (exact) mass is 337 g/mol. The van der Waals surface area contributed by atoms with E-state index >= 15 is 0 Å². The summed E-state index contributed by atoms with van der Waals surface area (Å²) in [6.07, 6.45) is 4.39. The Balaban J connectivity index is 1.61. The van der Waals surface area contributed by atoms with Gasteiger partial charge < -0.3 is 5.32 Å². The maximum atomic E-state index is 13.5. The van der Waals surface area contributed by atoms with Crippen molar-refractivity contribution in [2.24, 2.45) is 29.6 Å². The third-order valence-corrected chi connectivity index (χ3v) is 6.51. The van der Waals surface area contributed by atoms with Crippen LogP contribution in [0.15, 0.2) is 22.7 Å². The van der Waals surface area contributed by atoms with Gasteiger partial charge in [-0.25, -0.2) is 4.39 Å². The van der Waals surface area contributed by atoms with E-state index in [1.165, 1.54) is 24.8 Å². The van der Waals surface area contributed by atoms with E-state index in [9.17, 15) is 4.39 Å². The predicted octanol–water partition coefficient (Wildman–Crippen LogP) is 4.53. The van der Waals surface area contributed by atoms with Crippen molar-refractivity contribution in [2.75, 3.05) is 6.54 Å². The van der Waals surface area contributed by atoms with Gasteiger partial charge in [0.1, 0.15) is 5.82 Å². The van der Waals surface area contributed by atoms with Gasteiger partial charge in [0, 0.05) is 6.04 Å². The van der Waals surface area contributed by atoms with E-state index in [0.717, 1.165) is 36.1 Å². The number of nitrogens with one attached hydrogen (secondary N) is 1. The summed E-state index contributed by atoms with van der Waals surface area (Å²) in [5, 5.41) is 3.66. The molecule has 1 aromatic carbocycles. The molecule has 3 aliphatic rings. The number of hydrogen-bond donors (Lipinski definition) is 1. The Morgan fingerprint density at radius 2 is 2.00 bits per heavy atom. The molecule has 5 atom stereocenters. The average molecular weight is 338 g/mol. The Morgan fingerprint density at radius 3 is 2.60 bits per heavy atom. The molecule has 0 saturated heterocycles. The van der Waals surface area contributed by atoms with Gasteiger partial charge in [-0.2, -0.15) is 0 Å². The van der Waals surface area contributed by atoms with E-state index in [0.29, 0.717) is 10.5 Å². The number of benzene rings is 1. The Kier molecular flexibility index (Phi) is 3.19. The highest BCUT2D eigenvalue weighted by Gasteiger charge is 2.66. The minimum absolute atomic E-state index is 0.167. The standard InChI is InChI=1S/C17H21BrFN/c1-2-20-17(11-5-6-13(19)12(18)8-11)16-14-9-3-4-10(7-9)15(14)16/h5-6,8-10,14-17,20H,2-4,7H2,1H3. The molecule has 1 N–H and O–H groups in total. The van der Waals surface area contributed by atoms with Crippen LogP contribution in [-0.2, 0) is 0 Å². The lowest BCUT2D eigenvalue weighted by Gasteiger charge is -2.22. The molecule has 0 spiro atoms. The molecule has 0 heterocycles. The van der Waals surface area contributed by atoms with Crippen molar-refractivity contribution in [1.29, 1.82) is 0 Å². The summed E-state index contributed by atoms with van der Waals surface area (Å²) in [7, 11) is 0. The van der Waals surface area contributed by atoms with Crippen molar-refractivity contribution in [2.45, 2.75) is 32.2 Å². The van der Waals surface area contributed by atoms with Crippen LogP contribution in [0.25, 0.3) is 0 Å². The molecule has 0 amide bonds. The van der Waals surface area contributed by atoms with E-state index in [4.69, 9.17) is 0 Å². The van der Waals surface area contributed by atoms with Crippen LogP contribution in [0.1, 0.15) is 37.8 Å². The van der Waals surface area contributed by atoms with Crippen LogP contribution >= 0.6 is 15.9 Å². The molecule has 20 heavy (non-hydrogen) atoms. The zero-order chi connectivity index (χ0) is 13.9. The lowest BCUT2D eigenvalue weighted by molar-refractivity contribution is 0.374. The molecular formula is C17H21BrFN. The van der Waals surface area contributed by atoms with Crippen LogP contribution in [-0.4, -0.2) is 6.54 Å². The van der Waals surface area contributed by atoms with Gasteiger partial charge in [-0.15, -0.1) is 0 Å². The first-order valence-corrected chi connectivity index (χ1v) is 8.68. The highest BCUT2D eigenvalue weighted by Crippen LogP contribution is 2.72. The summed E-state index contributed by atoms with van der Waals surface area (Å²) in [6, 6.07) is 5.94. The zero-order valence-electron chi connectivity index (χ0n) is 11.8. The molecule has 108 valence electrons. The second kappa shape index (κ2) is 4.81. The fourth-order valence-corrected chi connectivity index (χ4v) is 5.64. The van der Waals surface area contributed by atoms with Gasteiger partial charge >= 0.3 is 0 Å². The summed E-state index contributed by atoms with van der Waals surface area (Å²) in [6.45, 7) is 3.14. The Labute approximate surface area is 128 Å². The quantitative estimate of drug-likeness (QED) is 0.850. The van der Waals surface area contributed by atoms with E-state index in [1.54, 1.807) is 6.07 Å². The highest BCUT2D eigenvalue weighted by molar-refractivity contribution is 9.10. The van der Waals surface area contributed by atoms with E-state index in [1.807, 2.05) is 12.1 Å². The fourth-order valence-electron chi connectivity index (χ4n) is 5.24. The van der Waals surface area contributed by atoms with Crippen LogP contribution in [0.2, 0.25) is 0 Å². The molecule has 0 aromatic heterocycles. The average Bonchev–Trinajstić information content (AvgIpc) is 2.86. The van der Waals surface area contributed by atoms with Gasteiger partial charge in [-0.05, 0) is 89.0 Å². The van der Waals surface area contributed by atoms with Gasteiger partial charge in [0.2, 0.25) is 0 Å². The Bertz CT molecular complexity index is 516. The largest absolute Gasteiger partial charge is 0.310 e. The van der Waals surface area contributed by atoms with Crippen molar-refractivity contribution in [3.63, 3.8) is 0 Å². The maximum Gasteiger partial charge on any atom is 0.137 e. The summed E-state index contributed by atoms with van der Waals surface area (Å²) in [4.78, 5) is 0. The molecule has 4 rings (SSSR count). The SMILES string of the molecule is CCNC(c1ccc(F)c(Br)c1)C1C2C3CCC(C3)C21. The van der Waals surface area contributed by atoms with Gasteiger partial charge in [-0.3, -0.25) is 0 Å². The zero-order valence-corrected chi connectivity index (χ0v) is 13.4. The molecule has 1 nitrogen and oxygen atoms in total. The second-order valence-electron chi connectivity index (χ2n) is 6.77. The van der Waals surface area contributed by atoms with Gasteiger partial charge in [0.25, 0.3) is 0 Å². The minimum Gasteiger partial charge on any atom is -0.310 e. The number of fused-ring (bicyclic) bond motifs is 5. The van der Waals surface area contributed by atoms with Gasteiger partial charge in [0.05, 0.1) is 4.47 Å². The van der Waals surface area contributed by atoms with Crippen molar-refractivity contribution in [3.8, 4) is 0 Å². The topological polar surface area (TPSA) is 12.0 Å². The van der Waals surface area contributed by atoms with Crippen LogP contribution < -0.4 is 5.32 Å². The molecule has 3 heteroatoms. The van der Waals surface area contributed by atoms with Gasteiger partial charge in [-0.1, -0.05) is 13.0 Å². The van der Waals surface area contributed by atoms with E-state index < -0.39 is 0 Å². The summed E-state index contributed by atoms with van der Waals surface area (Å²) in [5.41, 5.74) is 1.25. The van der Waals surface area contributed by atoms with Crippen LogP contribution in [0.3, 0.4) is 0 Å². The third-order valence-electron chi connectivity index (χ3n) is 5.91. The number of rotatable bonds is 4. The predicted molar refractivity (Wildman–Crippen MR) is 81.8 cm³/mol. The number of hydrogen-bond acceptors (Lipinski definition) is 1. The first-order valence-electron chi connectivity index (χ1n) is 7.89. The molecular weight excluding hydrogens is 317 g/mol. The number of halogens is 2. The van der Waals surface area contributed by atoms with Crippen LogP contribution in [0.5, 0.6) is 0 Å². The molecule has 0 aliphatic heterocycles. The molecule has 3 saturated carbocycles. The van der Waals surface area contributed by atoms with Crippen LogP contribution in [0, 0.1) is 35.4 Å². The second-order valence-corrected chi connectivity index (χ2v) is 7.63. The highest BCUT2D eigenvalue weighted by atomic mass is 79.9. The Hall–Kier alpha value is -0.410. The summed E-state index contributed by atoms with van der Waals surface area (Å²) >= 11 is 3.33. The molecule has 5 unspecified atom stereocenters. The van der Waals surface area contributed by atoms with Crippen molar-refractivity contribution < 1.29 is 4.39 Å². The summed E-state index contributed by atoms with van der Waals surface area (Å²) in [5.74, 6) is 4.49. The lowest BCUT2D eigenvalue weighted by Crippen LogP contribution is -2.25. The molecule has 0 radical (unpaired) electrons. The van der Waals surface area contributed by atoms with Crippen molar-refractivity contribution >= 4 is 15.9 Å². The van der Waals surface area contributed by atoms with Crippen molar-refractivity contribution in [3.05, 3.63) is 34.1 Å². The Morgan fingerprint density at radius 1 is 1.30 bits per heavy atom. The summed E-state index contributed by atoms with van der Waals surface area (Å²) < 4.78 is 14.1. The first kappa shape index (κ1) is 13.3. The molecule has 3 fully saturated rings. The molecule has 2 bridgehead atoms.